The highest BCUT2D eigenvalue weighted by atomic mass is 14.9. The van der Waals surface area contributed by atoms with Crippen LogP contribution in [0.5, 0.6) is 0 Å². The van der Waals surface area contributed by atoms with Crippen LogP contribution in [-0.2, 0) is 0 Å². The number of hydrogen-bond acceptors (Lipinski definition) is 1. The van der Waals surface area contributed by atoms with Crippen LogP contribution in [0.25, 0.3) is 0 Å². The molecule has 1 aromatic carbocycles. The Hall–Kier alpha value is -1.08. The highest BCUT2D eigenvalue weighted by Gasteiger charge is 2.21. The number of likely N-dealkylation sites (N-methyl/N-ethyl adjacent to an activating group) is 1. The Morgan fingerprint density at radius 1 is 1.17 bits per heavy atom. The minimum atomic E-state index is 0.429. The summed E-state index contributed by atoms with van der Waals surface area (Å²) in [5.74, 6) is 0. The molecule has 0 aromatic heterocycles. The fraction of sp³-hybridized carbons (Fsp3) is 0.529. The zero-order valence-electron chi connectivity index (χ0n) is 12.1. The fourth-order valence-electron chi connectivity index (χ4n) is 3.23. The van der Waals surface area contributed by atoms with Gasteiger partial charge in [0.1, 0.15) is 0 Å². The minimum Gasteiger partial charge on any atom is -0.307 e. The molecule has 0 amide bonds. The van der Waals surface area contributed by atoms with Crippen LogP contribution in [0.15, 0.2) is 23.8 Å². The largest absolute Gasteiger partial charge is 0.307 e. The maximum Gasteiger partial charge on any atom is 0.0541 e. The molecule has 0 bridgehead atoms. The van der Waals surface area contributed by atoms with Gasteiger partial charge in [-0.3, -0.25) is 0 Å². The van der Waals surface area contributed by atoms with Crippen LogP contribution in [0.4, 0.5) is 0 Å². The monoisotopic (exact) mass is 243 g/mol. The number of nitrogens with one attached hydrogen (secondary N) is 1. The molecule has 0 saturated heterocycles. The van der Waals surface area contributed by atoms with Gasteiger partial charge in [0.25, 0.3) is 0 Å². The first-order valence-electron chi connectivity index (χ1n) is 7.13. The molecule has 1 N–H and O–H groups in total. The first kappa shape index (κ1) is 13.4. The van der Waals surface area contributed by atoms with Gasteiger partial charge >= 0.3 is 0 Å². The molecule has 0 fully saturated rings. The number of allylic oxidation sites excluding steroid dienone is 1. The number of rotatable bonds is 4. The molecule has 1 aromatic rings. The van der Waals surface area contributed by atoms with Crippen molar-refractivity contribution >= 4 is 0 Å². The average Bonchev–Trinajstić information content (AvgIpc) is 2.79. The van der Waals surface area contributed by atoms with Gasteiger partial charge in [0.05, 0.1) is 6.04 Å². The van der Waals surface area contributed by atoms with Gasteiger partial charge in [0.2, 0.25) is 0 Å². The second kappa shape index (κ2) is 5.71. The third-order valence-corrected chi connectivity index (χ3v) is 3.88. The van der Waals surface area contributed by atoms with Crippen molar-refractivity contribution in [3.63, 3.8) is 0 Å². The lowest BCUT2D eigenvalue weighted by Gasteiger charge is -2.24. The van der Waals surface area contributed by atoms with Gasteiger partial charge in [0.15, 0.2) is 0 Å². The van der Waals surface area contributed by atoms with E-state index in [0.717, 1.165) is 6.54 Å². The van der Waals surface area contributed by atoms with Crippen LogP contribution in [0, 0.1) is 20.8 Å². The Bertz CT molecular complexity index is 434. The summed E-state index contributed by atoms with van der Waals surface area (Å²) < 4.78 is 0. The molecule has 0 saturated carbocycles. The van der Waals surface area contributed by atoms with Gasteiger partial charge in [0, 0.05) is 0 Å². The van der Waals surface area contributed by atoms with Gasteiger partial charge in [-0.1, -0.05) is 36.3 Å². The van der Waals surface area contributed by atoms with Crippen molar-refractivity contribution in [3.05, 3.63) is 46.0 Å². The van der Waals surface area contributed by atoms with E-state index in [-0.39, 0.29) is 0 Å². The molecule has 18 heavy (non-hydrogen) atoms. The van der Waals surface area contributed by atoms with Gasteiger partial charge in [-0.15, -0.1) is 0 Å². The SMILES string of the molecule is CCNC(C1=CCCC1)c1c(C)cc(C)cc1C. The van der Waals surface area contributed by atoms with E-state index < -0.39 is 0 Å². The van der Waals surface area contributed by atoms with E-state index in [4.69, 9.17) is 0 Å². The average molecular weight is 243 g/mol. The predicted octanol–water partition coefficient (Wildman–Crippen LogP) is 4.37. The third-order valence-electron chi connectivity index (χ3n) is 3.88. The van der Waals surface area contributed by atoms with Crippen molar-refractivity contribution in [1.82, 2.24) is 5.32 Å². The molecule has 1 aliphatic rings. The van der Waals surface area contributed by atoms with Crippen LogP contribution in [0.1, 0.15) is 54.5 Å². The summed E-state index contributed by atoms with van der Waals surface area (Å²) in [5, 5.41) is 3.67. The predicted molar refractivity (Wildman–Crippen MR) is 79.0 cm³/mol. The van der Waals surface area contributed by atoms with E-state index in [1.165, 1.54) is 41.5 Å². The third kappa shape index (κ3) is 2.67. The van der Waals surface area contributed by atoms with E-state index >= 15 is 0 Å². The standard InChI is InChI=1S/C17H25N/c1-5-18-17(15-8-6-7-9-15)16-13(3)10-12(2)11-14(16)4/h8,10-11,17-18H,5-7,9H2,1-4H3. The second-order valence-corrected chi connectivity index (χ2v) is 5.47. The van der Waals surface area contributed by atoms with Gasteiger partial charge < -0.3 is 5.32 Å². The van der Waals surface area contributed by atoms with Crippen LogP contribution >= 0.6 is 0 Å². The van der Waals surface area contributed by atoms with Crippen LogP contribution in [-0.4, -0.2) is 6.54 Å². The van der Waals surface area contributed by atoms with Crippen molar-refractivity contribution in [2.75, 3.05) is 6.54 Å². The minimum absolute atomic E-state index is 0.429. The molecule has 0 heterocycles. The van der Waals surface area contributed by atoms with Crippen LogP contribution in [0.2, 0.25) is 0 Å². The number of hydrogen-bond donors (Lipinski definition) is 1. The Balaban J connectivity index is 2.42. The zero-order valence-corrected chi connectivity index (χ0v) is 12.1. The zero-order chi connectivity index (χ0) is 13.1. The normalized spacial score (nSPS) is 16.8. The maximum absolute atomic E-state index is 3.67. The van der Waals surface area contributed by atoms with Crippen molar-refractivity contribution in [1.29, 1.82) is 0 Å². The van der Waals surface area contributed by atoms with Crippen molar-refractivity contribution < 1.29 is 0 Å². The van der Waals surface area contributed by atoms with E-state index in [1.54, 1.807) is 5.57 Å². The highest BCUT2D eigenvalue weighted by molar-refractivity contribution is 5.43. The Morgan fingerprint density at radius 2 is 1.83 bits per heavy atom. The molecule has 2 rings (SSSR count). The maximum atomic E-state index is 3.67. The summed E-state index contributed by atoms with van der Waals surface area (Å²) in [4.78, 5) is 0. The lowest BCUT2D eigenvalue weighted by molar-refractivity contribution is 0.600. The Morgan fingerprint density at radius 3 is 2.33 bits per heavy atom. The van der Waals surface area contributed by atoms with Crippen molar-refractivity contribution in [2.45, 2.75) is 53.0 Å². The molecule has 1 atom stereocenters. The van der Waals surface area contributed by atoms with Crippen LogP contribution < -0.4 is 5.32 Å². The smallest absolute Gasteiger partial charge is 0.0541 e. The molecular weight excluding hydrogens is 218 g/mol. The topological polar surface area (TPSA) is 12.0 Å². The van der Waals surface area contributed by atoms with Gasteiger partial charge in [-0.25, -0.2) is 0 Å². The van der Waals surface area contributed by atoms with Crippen LogP contribution in [0.3, 0.4) is 0 Å². The molecule has 1 unspecified atom stereocenters. The molecular formula is C17H25N. The summed E-state index contributed by atoms with van der Waals surface area (Å²) in [6.45, 7) is 9.89. The number of benzene rings is 1. The molecule has 1 heteroatoms. The number of aryl methyl sites for hydroxylation is 3. The van der Waals surface area contributed by atoms with E-state index in [9.17, 15) is 0 Å². The molecule has 1 aliphatic carbocycles. The van der Waals surface area contributed by atoms with Crippen molar-refractivity contribution in [3.8, 4) is 0 Å². The van der Waals surface area contributed by atoms with E-state index in [2.05, 4.69) is 51.2 Å². The summed E-state index contributed by atoms with van der Waals surface area (Å²) in [7, 11) is 0. The lowest BCUT2D eigenvalue weighted by Crippen LogP contribution is -2.24. The first-order chi connectivity index (χ1) is 8.63. The van der Waals surface area contributed by atoms with Gasteiger partial charge in [-0.2, -0.15) is 0 Å². The summed E-state index contributed by atoms with van der Waals surface area (Å²) >= 11 is 0. The molecule has 0 radical (unpaired) electrons. The summed E-state index contributed by atoms with van der Waals surface area (Å²) in [5.41, 5.74) is 7.30. The van der Waals surface area contributed by atoms with Gasteiger partial charge in [-0.05, 0) is 63.3 Å². The summed E-state index contributed by atoms with van der Waals surface area (Å²) in [6.07, 6.45) is 6.26. The molecule has 0 spiro atoms. The highest BCUT2D eigenvalue weighted by Crippen LogP contribution is 2.34. The molecule has 1 nitrogen and oxygen atoms in total. The lowest BCUT2D eigenvalue weighted by atomic mass is 9.89. The van der Waals surface area contributed by atoms with E-state index in [0.29, 0.717) is 6.04 Å². The van der Waals surface area contributed by atoms with Crippen molar-refractivity contribution in [2.24, 2.45) is 0 Å². The first-order valence-corrected chi connectivity index (χ1v) is 7.13. The Labute approximate surface area is 111 Å². The Kier molecular flexibility index (Phi) is 4.23. The molecule has 0 aliphatic heterocycles. The summed E-state index contributed by atoms with van der Waals surface area (Å²) in [6, 6.07) is 5.04. The van der Waals surface area contributed by atoms with E-state index in [1.807, 2.05) is 0 Å². The fourth-order valence-corrected chi connectivity index (χ4v) is 3.23. The quantitative estimate of drug-likeness (QED) is 0.774. The second-order valence-electron chi connectivity index (χ2n) is 5.47. The molecule has 98 valence electrons.